The molecule has 1 aromatic carbocycles. The van der Waals surface area contributed by atoms with Gasteiger partial charge in [0.1, 0.15) is 5.82 Å². The standard InChI is InChI=1S/C15H22ClFN2/c1-15(2)5-7-19(8-6-15)14(10-18)12-9-11(16)3-4-13(12)17/h3-4,9,14H,5-8,10,18H2,1-2H3. The summed E-state index contributed by atoms with van der Waals surface area (Å²) in [4.78, 5) is 2.28. The third-order valence-electron chi connectivity index (χ3n) is 4.13. The molecular weight excluding hydrogens is 263 g/mol. The molecule has 1 aliphatic rings. The largest absolute Gasteiger partial charge is 0.329 e. The first kappa shape index (κ1) is 14.8. The lowest BCUT2D eigenvalue weighted by Gasteiger charge is -2.41. The first-order valence-corrected chi connectivity index (χ1v) is 7.20. The average molecular weight is 285 g/mol. The monoisotopic (exact) mass is 284 g/mol. The average Bonchev–Trinajstić information content (AvgIpc) is 2.36. The Bertz CT molecular complexity index is 438. The Balaban J connectivity index is 2.18. The minimum atomic E-state index is -0.218. The minimum Gasteiger partial charge on any atom is -0.329 e. The van der Waals surface area contributed by atoms with Crippen LogP contribution < -0.4 is 5.73 Å². The van der Waals surface area contributed by atoms with Gasteiger partial charge >= 0.3 is 0 Å². The summed E-state index contributed by atoms with van der Waals surface area (Å²) in [5.74, 6) is -0.218. The highest BCUT2D eigenvalue weighted by Gasteiger charge is 2.30. The molecule has 0 spiro atoms. The topological polar surface area (TPSA) is 29.3 Å². The fourth-order valence-corrected chi connectivity index (χ4v) is 2.86. The van der Waals surface area contributed by atoms with Gasteiger partial charge in [-0.3, -0.25) is 4.90 Å². The molecule has 0 bridgehead atoms. The number of halogens is 2. The van der Waals surface area contributed by atoms with E-state index < -0.39 is 0 Å². The van der Waals surface area contributed by atoms with E-state index in [9.17, 15) is 4.39 Å². The van der Waals surface area contributed by atoms with E-state index in [0.717, 1.165) is 25.9 Å². The van der Waals surface area contributed by atoms with E-state index in [0.29, 0.717) is 22.5 Å². The Morgan fingerprint density at radius 1 is 1.37 bits per heavy atom. The lowest BCUT2D eigenvalue weighted by Crippen LogP contribution is -2.42. The van der Waals surface area contributed by atoms with Crippen LogP contribution in [0.1, 0.15) is 38.3 Å². The van der Waals surface area contributed by atoms with Crippen molar-refractivity contribution in [1.82, 2.24) is 4.90 Å². The van der Waals surface area contributed by atoms with Crippen molar-refractivity contribution in [2.24, 2.45) is 11.1 Å². The van der Waals surface area contributed by atoms with Gasteiger partial charge in [0.05, 0.1) is 0 Å². The molecule has 19 heavy (non-hydrogen) atoms. The summed E-state index contributed by atoms with van der Waals surface area (Å²) in [6, 6.07) is 4.63. The number of nitrogens with zero attached hydrogens (tertiary/aromatic N) is 1. The molecule has 1 aromatic rings. The second kappa shape index (κ2) is 5.78. The van der Waals surface area contributed by atoms with Crippen LogP contribution in [0.2, 0.25) is 5.02 Å². The molecule has 0 aromatic heterocycles. The molecule has 2 N–H and O–H groups in total. The van der Waals surface area contributed by atoms with Crippen LogP contribution in [-0.2, 0) is 0 Å². The van der Waals surface area contributed by atoms with Crippen LogP contribution >= 0.6 is 11.6 Å². The molecule has 1 saturated heterocycles. The van der Waals surface area contributed by atoms with Crippen LogP contribution in [0, 0.1) is 11.2 Å². The van der Waals surface area contributed by atoms with Gasteiger partial charge in [0.2, 0.25) is 0 Å². The molecule has 2 nitrogen and oxygen atoms in total. The molecule has 1 aliphatic heterocycles. The van der Waals surface area contributed by atoms with Crippen molar-refractivity contribution in [3.63, 3.8) is 0 Å². The van der Waals surface area contributed by atoms with Crippen molar-refractivity contribution in [3.05, 3.63) is 34.6 Å². The van der Waals surface area contributed by atoms with Crippen LogP contribution in [0.4, 0.5) is 4.39 Å². The zero-order chi connectivity index (χ0) is 14.0. The zero-order valence-corrected chi connectivity index (χ0v) is 12.4. The molecule has 4 heteroatoms. The maximum atomic E-state index is 14.0. The van der Waals surface area contributed by atoms with Gasteiger partial charge in [0, 0.05) is 23.2 Å². The number of nitrogens with two attached hydrogens (primary N) is 1. The molecule has 0 amide bonds. The number of likely N-dealkylation sites (tertiary alicyclic amines) is 1. The van der Waals surface area contributed by atoms with E-state index in [1.165, 1.54) is 6.07 Å². The molecular formula is C15H22ClFN2. The maximum Gasteiger partial charge on any atom is 0.128 e. The van der Waals surface area contributed by atoms with Gasteiger partial charge in [0.25, 0.3) is 0 Å². The number of piperidine rings is 1. The fraction of sp³-hybridized carbons (Fsp3) is 0.600. The Hall–Kier alpha value is -0.640. The highest BCUT2D eigenvalue weighted by Crippen LogP contribution is 2.34. The van der Waals surface area contributed by atoms with Crippen molar-refractivity contribution in [3.8, 4) is 0 Å². The number of hydrogen-bond acceptors (Lipinski definition) is 2. The van der Waals surface area contributed by atoms with Crippen LogP contribution in [0.5, 0.6) is 0 Å². The molecule has 0 saturated carbocycles. The summed E-state index contributed by atoms with van der Waals surface area (Å²) in [7, 11) is 0. The van der Waals surface area contributed by atoms with E-state index in [4.69, 9.17) is 17.3 Å². The summed E-state index contributed by atoms with van der Waals surface area (Å²) >= 11 is 5.98. The minimum absolute atomic E-state index is 0.0743. The number of benzene rings is 1. The SMILES string of the molecule is CC1(C)CCN(C(CN)c2cc(Cl)ccc2F)CC1. The van der Waals surface area contributed by atoms with Gasteiger partial charge < -0.3 is 5.73 Å². The van der Waals surface area contributed by atoms with E-state index in [1.54, 1.807) is 12.1 Å². The third kappa shape index (κ3) is 3.47. The Morgan fingerprint density at radius 3 is 2.58 bits per heavy atom. The normalized spacial score (nSPS) is 21.3. The zero-order valence-electron chi connectivity index (χ0n) is 11.6. The third-order valence-corrected chi connectivity index (χ3v) is 4.37. The first-order chi connectivity index (χ1) is 8.93. The lowest BCUT2D eigenvalue weighted by atomic mass is 9.82. The van der Waals surface area contributed by atoms with E-state index in [2.05, 4.69) is 18.7 Å². The van der Waals surface area contributed by atoms with Gasteiger partial charge in [-0.15, -0.1) is 0 Å². The second-order valence-corrected chi connectivity index (χ2v) is 6.55. The predicted molar refractivity (Wildman–Crippen MR) is 77.8 cm³/mol. The Labute approximate surface area is 119 Å². The molecule has 1 heterocycles. The molecule has 0 aliphatic carbocycles. The molecule has 0 radical (unpaired) electrons. The van der Waals surface area contributed by atoms with Crippen LogP contribution in [0.3, 0.4) is 0 Å². The predicted octanol–water partition coefficient (Wildman–Crippen LogP) is 3.60. The smallest absolute Gasteiger partial charge is 0.128 e. The van der Waals surface area contributed by atoms with Gasteiger partial charge in [-0.05, 0) is 49.5 Å². The van der Waals surface area contributed by atoms with Crippen molar-refractivity contribution in [2.45, 2.75) is 32.7 Å². The highest BCUT2D eigenvalue weighted by atomic mass is 35.5. The van der Waals surface area contributed by atoms with E-state index >= 15 is 0 Å². The van der Waals surface area contributed by atoms with Crippen molar-refractivity contribution in [1.29, 1.82) is 0 Å². The van der Waals surface area contributed by atoms with Gasteiger partial charge in [0.15, 0.2) is 0 Å². The summed E-state index contributed by atoms with van der Waals surface area (Å²) in [5.41, 5.74) is 6.87. The van der Waals surface area contributed by atoms with Gasteiger partial charge in [-0.25, -0.2) is 4.39 Å². The second-order valence-electron chi connectivity index (χ2n) is 6.12. The summed E-state index contributed by atoms with van der Waals surface area (Å²) < 4.78 is 14.0. The summed E-state index contributed by atoms with van der Waals surface area (Å²) in [6.07, 6.45) is 2.23. The lowest BCUT2D eigenvalue weighted by molar-refractivity contribution is 0.0949. The van der Waals surface area contributed by atoms with Crippen molar-refractivity contribution in [2.75, 3.05) is 19.6 Å². The Kier molecular flexibility index (Phi) is 4.49. The van der Waals surface area contributed by atoms with Crippen molar-refractivity contribution < 1.29 is 4.39 Å². The summed E-state index contributed by atoms with van der Waals surface area (Å²) in [5, 5.41) is 0.562. The summed E-state index contributed by atoms with van der Waals surface area (Å²) in [6.45, 7) is 6.89. The van der Waals surface area contributed by atoms with Crippen molar-refractivity contribution >= 4 is 11.6 Å². The van der Waals surface area contributed by atoms with E-state index in [-0.39, 0.29) is 11.9 Å². The van der Waals surface area contributed by atoms with E-state index in [1.807, 2.05) is 0 Å². The highest BCUT2D eigenvalue weighted by molar-refractivity contribution is 6.30. The fourth-order valence-electron chi connectivity index (χ4n) is 2.68. The number of rotatable bonds is 3. The maximum absolute atomic E-state index is 14.0. The molecule has 106 valence electrons. The molecule has 1 fully saturated rings. The van der Waals surface area contributed by atoms with Crippen LogP contribution in [0.15, 0.2) is 18.2 Å². The molecule has 2 rings (SSSR count). The Morgan fingerprint density at radius 2 is 2.00 bits per heavy atom. The number of hydrogen-bond donors (Lipinski definition) is 1. The molecule has 1 atom stereocenters. The van der Waals surface area contributed by atoms with Crippen LogP contribution in [0.25, 0.3) is 0 Å². The van der Waals surface area contributed by atoms with Gasteiger partial charge in [-0.2, -0.15) is 0 Å². The van der Waals surface area contributed by atoms with Gasteiger partial charge in [-0.1, -0.05) is 25.4 Å². The molecule has 1 unspecified atom stereocenters. The quantitative estimate of drug-likeness (QED) is 0.919. The van der Waals surface area contributed by atoms with Crippen LogP contribution in [-0.4, -0.2) is 24.5 Å². The first-order valence-electron chi connectivity index (χ1n) is 6.82.